The first-order valence-corrected chi connectivity index (χ1v) is 7.72. The maximum Gasteiger partial charge on any atom is 0.105 e. The van der Waals surface area contributed by atoms with Gasteiger partial charge in [-0.05, 0) is 44.0 Å². The molecule has 110 valence electrons. The Morgan fingerprint density at radius 2 is 1.67 bits per heavy atom. The van der Waals surface area contributed by atoms with Gasteiger partial charge in [-0.1, -0.05) is 60.7 Å². The second-order valence-corrected chi connectivity index (χ2v) is 6.08. The van der Waals surface area contributed by atoms with Crippen molar-refractivity contribution in [2.45, 2.75) is 30.9 Å². The third-order valence-corrected chi connectivity index (χ3v) is 4.70. The predicted molar refractivity (Wildman–Crippen MR) is 86.1 cm³/mol. The number of nitrogens with zero attached hydrogens (tertiary/aromatic N) is 1. The van der Waals surface area contributed by atoms with Gasteiger partial charge < -0.3 is 5.11 Å². The molecule has 2 nitrogen and oxygen atoms in total. The standard InChI is InChI=1S/C19H23NO/c1-20-14-8-13-19(21,17-11-6-3-7-12-17)18(20)15-16-9-4-2-5-10-16/h2-7,9-12,18,21H,8,13-15H2,1H3/t18-,19-/m1/s1. The van der Waals surface area contributed by atoms with Crippen molar-refractivity contribution in [3.05, 3.63) is 71.8 Å². The first kappa shape index (κ1) is 14.3. The molecule has 1 aliphatic heterocycles. The second-order valence-electron chi connectivity index (χ2n) is 6.08. The van der Waals surface area contributed by atoms with Gasteiger partial charge in [0.25, 0.3) is 0 Å². The molecule has 0 aromatic heterocycles. The normalized spacial score (nSPS) is 26.7. The highest BCUT2D eigenvalue weighted by molar-refractivity contribution is 5.27. The van der Waals surface area contributed by atoms with Crippen LogP contribution < -0.4 is 0 Å². The van der Waals surface area contributed by atoms with Crippen molar-refractivity contribution in [3.8, 4) is 0 Å². The van der Waals surface area contributed by atoms with Crippen molar-refractivity contribution >= 4 is 0 Å². The van der Waals surface area contributed by atoms with Crippen LogP contribution in [0, 0.1) is 0 Å². The monoisotopic (exact) mass is 281 g/mol. The van der Waals surface area contributed by atoms with Crippen LogP contribution >= 0.6 is 0 Å². The predicted octanol–water partition coefficient (Wildman–Crippen LogP) is 3.21. The molecule has 0 saturated carbocycles. The van der Waals surface area contributed by atoms with Crippen LogP contribution in [0.15, 0.2) is 60.7 Å². The maximum absolute atomic E-state index is 11.4. The highest BCUT2D eigenvalue weighted by Crippen LogP contribution is 2.37. The first-order chi connectivity index (χ1) is 10.2. The van der Waals surface area contributed by atoms with Crippen LogP contribution in [0.2, 0.25) is 0 Å². The fourth-order valence-electron chi connectivity index (χ4n) is 3.51. The Bertz CT molecular complexity index is 569. The van der Waals surface area contributed by atoms with E-state index in [9.17, 15) is 5.11 Å². The third kappa shape index (κ3) is 2.87. The van der Waals surface area contributed by atoms with Crippen LogP contribution in [0.3, 0.4) is 0 Å². The zero-order chi connectivity index (χ0) is 14.7. The summed E-state index contributed by atoms with van der Waals surface area (Å²) in [5.74, 6) is 0. The van der Waals surface area contributed by atoms with Crippen molar-refractivity contribution in [2.75, 3.05) is 13.6 Å². The molecule has 2 aromatic rings. The van der Waals surface area contributed by atoms with Crippen molar-refractivity contribution in [3.63, 3.8) is 0 Å². The lowest BCUT2D eigenvalue weighted by Crippen LogP contribution is -2.54. The summed E-state index contributed by atoms with van der Waals surface area (Å²) in [7, 11) is 2.13. The largest absolute Gasteiger partial charge is 0.384 e. The number of hydrogen-bond donors (Lipinski definition) is 1. The van der Waals surface area contributed by atoms with Gasteiger partial charge in [-0.25, -0.2) is 0 Å². The number of aliphatic hydroxyl groups is 1. The molecule has 2 atom stereocenters. The zero-order valence-corrected chi connectivity index (χ0v) is 12.6. The number of benzene rings is 2. The van der Waals surface area contributed by atoms with E-state index in [1.54, 1.807) is 0 Å². The van der Waals surface area contributed by atoms with Crippen LogP contribution in [0.25, 0.3) is 0 Å². The summed E-state index contributed by atoms with van der Waals surface area (Å²) in [4.78, 5) is 2.31. The lowest BCUT2D eigenvalue weighted by molar-refractivity contribution is -0.0781. The lowest BCUT2D eigenvalue weighted by atomic mass is 9.76. The summed E-state index contributed by atoms with van der Waals surface area (Å²) < 4.78 is 0. The number of likely N-dealkylation sites (N-methyl/N-ethyl adjacent to an activating group) is 1. The molecule has 0 unspecified atom stereocenters. The average molecular weight is 281 g/mol. The summed E-state index contributed by atoms with van der Waals surface area (Å²) in [6, 6.07) is 20.7. The smallest absolute Gasteiger partial charge is 0.105 e. The summed E-state index contributed by atoms with van der Waals surface area (Å²) in [5, 5.41) is 11.4. The van der Waals surface area contributed by atoms with E-state index in [-0.39, 0.29) is 6.04 Å². The Balaban J connectivity index is 1.93. The Kier molecular flexibility index (Phi) is 4.09. The quantitative estimate of drug-likeness (QED) is 0.934. The minimum atomic E-state index is -0.760. The summed E-state index contributed by atoms with van der Waals surface area (Å²) in [6.45, 7) is 1.05. The van der Waals surface area contributed by atoms with Gasteiger partial charge in [0, 0.05) is 6.04 Å². The van der Waals surface area contributed by atoms with Crippen molar-refractivity contribution in [2.24, 2.45) is 0 Å². The van der Waals surface area contributed by atoms with Gasteiger partial charge >= 0.3 is 0 Å². The molecule has 2 aromatic carbocycles. The molecule has 1 heterocycles. The number of likely N-dealkylation sites (tertiary alicyclic amines) is 1. The Morgan fingerprint density at radius 3 is 2.33 bits per heavy atom. The molecule has 21 heavy (non-hydrogen) atoms. The molecule has 1 N–H and O–H groups in total. The fraction of sp³-hybridized carbons (Fsp3) is 0.368. The summed E-state index contributed by atoms with van der Waals surface area (Å²) >= 11 is 0. The van der Waals surface area contributed by atoms with Crippen molar-refractivity contribution in [1.29, 1.82) is 0 Å². The zero-order valence-electron chi connectivity index (χ0n) is 12.6. The van der Waals surface area contributed by atoms with Gasteiger partial charge in [0.2, 0.25) is 0 Å². The van der Waals surface area contributed by atoms with Crippen molar-refractivity contribution < 1.29 is 5.11 Å². The van der Waals surface area contributed by atoms with Gasteiger partial charge in [0.05, 0.1) is 0 Å². The Morgan fingerprint density at radius 1 is 1.05 bits per heavy atom. The molecule has 2 heteroatoms. The van der Waals surface area contributed by atoms with Gasteiger partial charge in [-0.15, -0.1) is 0 Å². The molecule has 0 amide bonds. The second kappa shape index (κ2) is 6.00. The van der Waals surface area contributed by atoms with Crippen LogP contribution in [-0.2, 0) is 12.0 Å². The molecule has 1 aliphatic rings. The van der Waals surface area contributed by atoms with Gasteiger partial charge in [-0.2, -0.15) is 0 Å². The van der Waals surface area contributed by atoms with E-state index in [0.29, 0.717) is 0 Å². The molecule has 1 saturated heterocycles. The maximum atomic E-state index is 11.4. The van der Waals surface area contributed by atoms with Crippen LogP contribution in [0.4, 0.5) is 0 Å². The van der Waals surface area contributed by atoms with Crippen molar-refractivity contribution in [1.82, 2.24) is 4.90 Å². The third-order valence-electron chi connectivity index (χ3n) is 4.70. The van der Waals surface area contributed by atoms with Gasteiger partial charge in [0.15, 0.2) is 0 Å². The van der Waals surface area contributed by atoms with E-state index >= 15 is 0 Å². The van der Waals surface area contributed by atoms with E-state index in [0.717, 1.165) is 31.4 Å². The molecule has 1 fully saturated rings. The molecule has 0 spiro atoms. The van der Waals surface area contributed by atoms with Gasteiger partial charge in [-0.3, -0.25) is 4.90 Å². The Hall–Kier alpha value is -1.64. The van der Waals surface area contributed by atoms with E-state index in [4.69, 9.17) is 0 Å². The minimum Gasteiger partial charge on any atom is -0.384 e. The van der Waals surface area contributed by atoms with E-state index in [1.807, 2.05) is 24.3 Å². The summed E-state index contributed by atoms with van der Waals surface area (Å²) in [5.41, 5.74) is 1.56. The molecule has 0 aliphatic carbocycles. The van der Waals surface area contributed by atoms with Crippen LogP contribution in [0.5, 0.6) is 0 Å². The molecular formula is C19H23NO. The van der Waals surface area contributed by atoms with Gasteiger partial charge in [0.1, 0.15) is 5.60 Å². The number of hydrogen-bond acceptors (Lipinski definition) is 2. The Labute approximate surface area is 127 Å². The van der Waals surface area contributed by atoms with Crippen LogP contribution in [0.1, 0.15) is 24.0 Å². The fourth-order valence-corrected chi connectivity index (χ4v) is 3.51. The lowest BCUT2D eigenvalue weighted by Gasteiger charge is -2.46. The molecular weight excluding hydrogens is 258 g/mol. The molecule has 0 radical (unpaired) electrons. The minimum absolute atomic E-state index is 0.121. The number of rotatable bonds is 3. The summed E-state index contributed by atoms with van der Waals surface area (Å²) in [6.07, 6.45) is 2.74. The molecule has 3 rings (SSSR count). The topological polar surface area (TPSA) is 23.5 Å². The van der Waals surface area contributed by atoms with Crippen LogP contribution in [-0.4, -0.2) is 29.6 Å². The van der Waals surface area contributed by atoms with E-state index in [2.05, 4.69) is 48.3 Å². The van der Waals surface area contributed by atoms with E-state index in [1.165, 1.54) is 5.56 Å². The highest BCUT2D eigenvalue weighted by Gasteiger charge is 2.42. The highest BCUT2D eigenvalue weighted by atomic mass is 16.3. The number of piperidine rings is 1. The molecule has 0 bridgehead atoms. The first-order valence-electron chi connectivity index (χ1n) is 7.72. The van der Waals surface area contributed by atoms with E-state index < -0.39 is 5.60 Å². The average Bonchev–Trinajstić information content (AvgIpc) is 2.53. The SMILES string of the molecule is CN1CCC[C@@](O)(c2ccccc2)[C@H]1Cc1ccccc1.